The molecule has 0 atom stereocenters. The van der Waals surface area contributed by atoms with Crippen LogP contribution in [0, 0.1) is 0 Å². The molecule has 6 heteroatoms. The number of carbonyl (C=O) groups excluding carboxylic acids is 1. The van der Waals surface area contributed by atoms with Gasteiger partial charge in [0.05, 0.1) is 0 Å². The molecule has 106 valence electrons. The van der Waals surface area contributed by atoms with E-state index in [1.807, 2.05) is 0 Å². The number of aromatic nitrogens is 1. The van der Waals surface area contributed by atoms with Crippen LogP contribution in [-0.4, -0.2) is 22.0 Å². The molecule has 1 heterocycles. The molecule has 0 aliphatic carbocycles. The largest absolute Gasteiger partial charge is 0.478 e. The number of carboxylic acid groups (broad SMARTS) is 1. The summed E-state index contributed by atoms with van der Waals surface area (Å²) in [6.07, 6.45) is 4.08. The van der Waals surface area contributed by atoms with Gasteiger partial charge in [-0.2, -0.15) is 0 Å². The molecule has 1 amide bonds. The maximum atomic E-state index is 12.0. The second-order valence-electron chi connectivity index (χ2n) is 4.11. The molecule has 0 aliphatic rings. The Hall–Kier alpha value is -2.47. The highest BCUT2D eigenvalue weighted by molar-refractivity contribution is 9.10. The van der Waals surface area contributed by atoms with E-state index in [0.29, 0.717) is 15.9 Å². The molecule has 2 rings (SSSR count). The third-order valence-corrected chi connectivity index (χ3v) is 3.01. The average molecular weight is 347 g/mol. The smallest absolute Gasteiger partial charge is 0.328 e. The Kier molecular flexibility index (Phi) is 4.84. The van der Waals surface area contributed by atoms with Crippen LogP contribution in [0.1, 0.15) is 15.9 Å². The van der Waals surface area contributed by atoms with Gasteiger partial charge in [0.15, 0.2) is 0 Å². The van der Waals surface area contributed by atoms with Crippen LogP contribution in [0.5, 0.6) is 0 Å². The molecule has 0 bridgehead atoms. The number of nitrogens with zero attached hydrogens (tertiary/aromatic N) is 1. The summed E-state index contributed by atoms with van der Waals surface area (Å²) in [6.45, 7) is 0. The lowest BCUT2D eigenvalue weighted by molar-refractivity contribution is -0.131. The molecule has 1 aromatic carbocycles. The fraction of sp³-hybridized carbons (Fsp3) is 0. The fourth-order valence-corrected chi connectivity index (χ4v) is 1.96. The van der Waals surface area contributed by atoms with Crippen LogP contribution in [-0.2, 0) is 4.79 Å². The van der Waals surface area contributed by atoms with Crippen LogP contribution < -0.4 is 5.32 Å². The number of hydrogen-bond donors (Lipinski definition) is 2. The number of aliphatic carboxylic acids is 1. The Morgan fingerprint density at radius 3 is 2.52 bits per heavy atom. The van der Waals surface area contributed by atoms with Crippen molar-refractivity contribution in [1.29, 1.82) is 0 Å². The second-order valence-corrected chi connectivity index (χ2v) is 4.93. The quantitative estimate of drug-likeness (QED) is 0.658. The molecule has 0 fully saturated rings. The van der Waals surface area contributed by atoms with Gasteiger partial charge in [0.2, 0.25) is 0 Å². The standard InChI is InChI=1S/C15H11BrN2O3/c16-13-9-11(7-8-17-13)15(21)18-12-4-1-10(2-5-12)3-6-14(19)20/h1-9H,(H,18,21)(H,19,20)/b6-3+. The number of carbonyl (C=O) groups is 2. The van der Waals surface area contributed by atoms with E-state index in [-0.39, 0.29) is 5.91 Å². The minimum absolute atomic E-state index is 0.244. The van der Waals surface area contributed by atoms with Crippen molar-refractivity contribution >= 4 is 39.6 Å². The van der Waals surface area contributed by atoms with Crippen LogP contribution in [0.25, 0.3) is 6.08 Å². The molecular formula is C15H11BrN2O3. The van der Waals surface area contributed by atoms with Crippen LogP contribution >= 0.6 is 15.9 Å². The number of hydrogen-bond acceptors (Lipinski definition) is 3. The van der Waals surface area contributed by atoms with Crippen LogP contribution in [0.2, 0.25) is 0 Å². The van der Waals surface area contributed by atoms with E-state index >= 15 is 0 Å². The first-order chi connectivity index (χ1) is 10.0. The number of benzene rings is 1. The lowest BCUT2D eigenvalue weighted by Gasteiger charge is -2.05. The van der Waals surface area contributed by atoms with Gasteiger partial charge in [-0.3, -0.25) is 4.79 Å². The van der Waals surface area contributed by atoms with Gasteiger partial charge in [0.1, 0.15) is 4.60 Å². The highest BCUT2D eigenvalue weighted by Crippen LogP contribution is 2.14. The van der Waals surface area contributed by atoms with Crippen molar-refractivity contribution < 1.29 is 14.7 Å². The van der Waals surface area contributed by atoms with Crippen molar-refractivity contribution in [2.45, 2.75) is 0 Å². The van der Waals surface area contributed by atoms with Crippen molar-refractivity contribution in [2.24, 2.45) is 0 Å². The number of pyridine rings is 1. The Bertz CT molecular complexity index is 696. The molecule has 0 aliphatic heterocycles. The zero-order chi connectivity index (χ0) is 15.2. The Balaban J connectivity index is 2.06. The lowest BCUT2D eigenvalue weighted by atomic mass is 10.2. The van der Waals surface area contributed by atoms with Gasteiger partial charge in [0.25, 0.3) is 5.91 Å². The first kappa shape index (κ1) is 14.9. The van der Waals surface area contributed by atoms with Gasteiger partial charge in [0, 0.05) is 23.5 Å². The number of amides is 1. The molecule has 2 N–H and O–H groups in total. The summed E-state index contributed by atoms with van der Waals surface area (Å²) in [6, 6.07) is 10.1. The summed E-state index contributed by atoms with van der Waals surface area (Å²) >= 11 is 3.21. The van der Waals surface area contributed by atoms with Crippen molar-refractivity contribution in [2.75, 3.05) is 5.32 Å². The summed E-state index contributed by atoms with van der Waals surface area (Å²) in [5.74, 6) is -1.25. The predicted molar refractivity (Wildman–Crippen MR) is 83.0 cm³/mol. The molecule has 0 saturated carbocycles. The minimum atomic E-state index is -1.00. The van der Waals surface area contributed by atoms with Crippen molar-refractivity contribution in [3.63, 3.8) is 0 Å². The maximum Gasteiger partial charge on any atom is 0.328 e. The Morgan fingerprint density at radius 1 is 1.19 bits per heavy atom. The van der Waals surface area contributed by atoms with E-state index in [2.05, 4.69) is 26.2 Å². The highest BCUT2D eigenvalue weighted by Gasteiger charge is 2.06. The molecule has 1 aromatic heterocycles. The predicted octanol–water partition coefficient (Wildman–Crippen LogP) is 3.19. The fourth-order valence-electron chi connectivity index (χ4n) is 1.59. The molecule has 0 radical (unpaired) electrons. The number of rotatable bonds is 4. The molecule has 21 heavy (non-hydrogen) atoms. The Labute approximate surface area is 129 Å². The summed E-state index contributed by atoms with van der Waals surface area (Å²) in [5, 5.41) is 11.3. The molecule has 5 nitrogen and oxygen atoms in total. The van der Waals surface area contributed by atoms with Crippen molar-refractivity contribution in [3.05, 3.63) is 64.4 Å². The Morgan fingerprint density at radius 2 is 1.90 bits per heavy atom. The van der Waals surface area contributed by atoms with Crippen molar-refractivity contribution in [3.8, 4) is 0 Å². The summed E-state index contributed by atoms with van der Waals surface area (Å²) in [7, 11) is 0. The van der Waals surface area contributed by atoms with Crippen LogP contribution in [0.15, 0.2) is 53.3 Å². The highest BCUT2D eigenvalue weighted by atomic mass is 79.9. The zero-order valence-corrected chi connectivity index (χ0v) is 12.4. The molecule has 0 saturated heterocycles. The number of anilines is 1. The van der Waals surface area contributed by atoms with E-state index in [4.69, 9.17) is 5.11 Å². The van der Waals surface area contributed by atoms with Crippen LogP contribution in [0.4, 0.5) is 5.69 Å². The molecule has 2 aromatic rings. The van der Waals surface area contributed by atoms with Gasteiger partial charge in [-0.15, -0.1) is 0 Å². The summed E-state index contributed by atoms with van der Waals surface area (Å²) in [4.78, 5) is 26.4. The zero-order valence-electron chi connectivity index (χ0n) is 10.8. The topological polar surface area (TPSA) is 79.3 Å². The summed E-state index contributed by atoms with van der Waals surface area (Å²) in [5.41, 5.74) is 1.86. The third-order valence-electron chi connectivity index (χ3n) is 2.58. The minimum Gasteiger partial charge on any atom is -0.478 e. The first-order valence-corrected chi connectivity index (χ1v) is 6.78. The maximum absolute atomic E-state index is 12.0. The van der Waals surface area contributed by atoms with Gasteiger partial charge < -0.3 is 10.4 Å². The number of nitrogens with one attached hydrogen (secondary N) is 1. The third kappa shape index (κ3) is 4.54. The van der Waals surface area contributed by atoms with Gasteiger partial charge in [-0.1, -0.05) is 12.1 Å². The van der Waals surface area contributed by atoms with Crippen molar-refractivity contribution in [1.82, 2.24) is 4.98 Å². The number of halogens is 1. The van der Waals surface area contributed by atoms with E-state index < -0.39 is 5.97 Å². The van der Waals surface area contributed by atoms with E-state index in [9.17, 15) is 9.59 Å². The number of carboxylic acids is 1. The first-order valence-electron chi connectivity index (χ1n) is 5.98. The molecule has 0 unspecified atom stereocenters. The van der Waals surface area contributed by atoms with Gasteiger partial charge in [-0.25, -0.2) is 9.78 Å². The van der Waals surface area contributed by atoms with E-state index in [0.717, 1.165) is 11.6 Å². The molecule has 0 spiro atoms. The summed E-state index contributed by atoms with van der Waals surface area (Å²) < 4.78 is 0.587. The SMILES string of the molecule is O=C(O)/C=C/c1ccc(NC(=O)c2ccnc(Br)c2)cc1. The van der Waals surface area contributed by atoms with Gasteiger partial charge in [-0.05, 0) is 51.8 Å². The van der Waals surface area contributed by atoms with Crippen LogP contribution in [0.3, 0.4) is 0 Å². The monoisotopic (exact) mass is 346 g/mol. The normalized spacial score (nSPS) is 10.5. The van der Waals surface area contributed by atoms with E-state index in [1.165, 1.54) is 6.08 Å². The molecular weight excluding hydrogens is 336 g/mol. The second kappa shape index (κ2) is 6.81. The van der Waals surface area contributed by atoms with E-state index in [1.54, 1.807) is 42.6 Å². The average Bonchev–Trinajstić information content (AvgIpc) is 2.46. The lowest BCUT2D eigenvalue weighted by Crippen LogP contribution is -2.11. The van der Waals surface area contributed by atoms with Gasteiger partial charge >= 0.3 is 5.97 Å².